The Labute approximate surface area is 138 Å². The molecule has 5 nitrogen and oxygen atoms in total. The number of aromatic nitrogens is 4. The summed E-state index contributed by atoms with van der Waals surface area (Å²) in [5.41, 5.74) is 3.28. The van der Waals surface area contributed by atoms with Gasteiger partial charge in [-0.15, -0.1) is 10.2 Å². The molecule has 0 amide bonds. The number of rotatable bonds is 7. The maximum Gasteiger partial charge on any atom is 0.206 e. The number of thioether (sulfide) groups is 1. The van der Waals surface area contributed by atoms with Crippen LogP contribution in [-0.4, -0.2) is 26.1 Å². The Morgan fingerprint density at radius 2 is 2.27 bits per heavy atom. The predicted molar refractivity (Wildman–Crippen MR) is 92.8 cm³/mol. The number of aryl methyl sites for hydroxylation is 1. The summed E-state index contributed by atoms with van der Waals surface area (Å²) in [6, 6.07) is 4.12. The van der Waals surface area contributed by atoms with Crippen molar-refractivity contribution in [2.24, 2.45) is 0 Å². The molecule has 0 saturated carbocycles. The molecule has 3 heterocycles. The van der Waals surface area contributed by atoms with Crippen LogP contribution in [0.15, 0.2) is 28.9 Å². The van der Waals surface area contributed by atoms with Crippen LogP contribution in [-0.2, 0) is 5.75 Å². The molecule has 0 radical (unpaired) electrons. The lowest BCUT2D eigenvalue weighted by molar-refractivity contribution is 0.830. The lowest BCUT2D eigenvalue weighted by Crippen LogP contribution is -1.99. The Morgan fingerprint density at radius 3 is 3.09 bits per heavy atom. The van der Waals surface area contributed by atoms with Gasteiger partial charge in [-0.3, -0.25) is 0 Å². The van der Waals surface area contributed by atoms with Gasteiger partial charge in [0.15, 0.2) is 4.34 Å². The number of anilines is 1. The minimum absolute atomic E-state index is 0.810. The van der Waals surface area contributed by atoms with E-state index in [-0.39, 0.29) is 0 Å². The van der Waals surface area contributed by atoms with E-state index in [1.54, 1.807) is 23.1 Å². The Kier molecular flexibility index (Phi) is 4.94. The molecule has 0 atom stereocenters. The van der Waals surface area contributed by atoms with E-state index in [2.05, 4.69) is 51.0 Å². The summed E-state index contributed by atoms with van der Waals surface area (Å²) >= 11 is 3.29. The summed E-state index contributed by atoms with van der Waals surface area (Å²) in [5.74, 6) is 0.810. The van der Waals surface area contributed by atoms with Crippen molar-refractivity contribution in [1.29, 1.82) is 0 Å². The van der Waals surface area contributed by atoms with Gasteiger partial charge in [0.2, 0.25) is 5.13 Å². The first kappa shape index (κ1) is 15.3. The molecule has 3 rings (SSSR count). The van der Waals surface area contributed by atoms with Gasteiger partial charge in [0, 0.05) is 24.7 Å². The van der Waals surface area contributed by atoms with Gasteiger partial charge in [-0.05, 0) is 25.0 Å². The molecule has 0 aliphatic carbocycles. The third kappa shape index (κ3) is 3.59. The van der Waals surface area contributed by atoms with Crippen LogP contribution in [0.1, 0.15) is 31.0 Å². The quantitative estimate of drug-likeness (QED) is 0.523. The summed E-state index contributed by atoms with van der Waals surface area (Å²) in [6.07, 6.45) is 6.45. The molecule has 22 heavy (non-hydrogen) atoms. The minimum atomic E-state index is 0.810. The molecule has 7 heteroatoms. The first-order valence-electron chi connectivity index (χ1n) is 7.39. The third-order valence-corrected chi connectivity index (χ3v) is 5.33. The van der Waals surface area contributed by atoms with Crippen LogP contribution < -0.4 is 5.32 Å². The van der Waals surface area contributed by atoms with Crippen LogP contribution >= 0.6 is 23.1 Å². The van der Waals surface area contributed by atoms with E-state index in [9.17, 15) is 0 Å². The second kappa shape index (κ2) is 7.11. The monoisotopic (exact) mass is 333 g/mol. The van der Waals surface area contributed by atoms with E-state index in [1.165, 1.54) is 12.0 Å². The van der Waals surface area contributed by atoms with Crippen LogP contribution in [0.3, 0.4) is 0 Å². The molecule has 0 aromatic carbocycles. The summed E-state index contributed by atoms with van der Waals surface area (Å²) in [5, 5.41) is 12.6. The number of nitrogens with one attached hydrogen (secondary N) is 1. The van der Waals surface area contributed by atoms with Crippen molar-refractivity contribution < 1.29 is 0 Å². The van der Waals surface area contributed by atoms with Gasteiger partial charge in [0.1, 0.15) is 5.65 Å². The molecular weight excluding hydrogens is 314 g/mol. The maximum absolute atomic E-state index is 4.68. The number of nitrogens with zero attached hydrogens (tertiary/aromatic N) is 4. The van der Waals surface area contributed by atoms with Crippen molar-refractivity contribution in [2.45, 2.75) is 36.8 Å². The molecule has 0 aliphatic rings. The first-order valence-corrected chi connectivity index (χ1v) is 9.20. The highest BCUT2D eigenvalue weighted by Crippen LogP contribution is 2.28. The lowest BCUT2D eigenvalue weighted by Gasteiger charge is -1.97. The van der Waals surface area contributed by atoms with E-state index >= 15 is 0 Å². The number of hydrogen-bond acceptors (Lipinski definition) is 6. The average molecular weight is 333 g/mol. The van der Waals surface area contributed by atoms with Gasteiger partial charge in [-0.2, -0.15) is 0 Å². The Balaban J connectivity index is 1.60. The largest absolute Gasteiger partial charge is 0.360 e. The van der Waals surface area contributed by atoms with Crippen LogP contribution in [0.4, 0.5) is 5.13 Å². The Morgan fingerprint density at radius 1 is 1.36 bits per heavy atom. The molecular formula is C15H19N5S2. The minimum Gasteiger partial charge on any atom is -0.360 e. The van der Waals surface area contributed by atoms with Crippen LogP contribution in [0.25, 0.3) is 5.65 Å². The second-order valence-corrected chi connectivity index (χ2v) is 7.30. The number of imidazole rings is 1. The number of unbranched alkanes of at least 4 members (excludes halogenated alkanes) is 1. The molecule has 0 fully saturated rings. The standard InChI is InChI=1S/C15H19N5S2/c1-3-4-7-16-14-18-19-15(22-14)21-10-12-9-20-8-5-6-11(2)13(20)17-12/h5-6,8-9H,3-4,7,10H2,1-2H3,(H,16,18). The van der Waals surface area contributed by atoms with Gasteiger partial charge in [-0.25, -0.2) is 4.98 Å². The fourth-order valence-corrected chi connectivity index (χ4v) is 3.78. The molecule has 3 aromatic rings. The molecule has 0 unspecified atom stereocenters. The van der Waals surface area contributed by atoms with Crippen molar-refractivity contribution in [2.75, 3.05) is 11.9 Å². The first-order chi connectivity index (χ1) is 10.8. The topological polar surface area (TPSA) is 55.1 Å². The molecule has 1 N–H and O–H groups in total. The zero-order chi connectivity index (χ0) is 15.4. The summed E-state index contributed by atoms with van der Waals surface area (Å²) < 4.78 is 3.05. The van der Waals surface area contributed by atoms with Crippen molar-refractivity contribution in [3.63, 3.8) is 0 Å². The third-order valence-electron chi connectivity index (χ3n) is 3.28. The fraction of sp³-hybridized carbons (Fsp3) is 0.400. The number of hydrogen-bond donors (Lipinski definition) is 1. The van der Waals surface area contributed by atoms with Crippen LogP contribution in [0.5, 0.6) is 0 Å². The van der Waals surface area contributed by atoms with Gasteiger partial charge in [0.05, 0.1) is 5.69 Å². The molecule has 0 bridgehead atoms. The van der Waals surface area contributed by atoms with Crippen molar-refractivity contribution in [3.05, 3.63) is 35.8 Å². The SMILES string of the molecule is CCCCNc1nnc(SCc2cn3cccc(C)c3n2)s1. The molecule has 0 saturated heterocycles. The van der Waals surface area contributed by atoms with Crippen molar-refractivity contribution in [1.82, 2.24) is 19.6 Å². The molecule has 3 aromatic heterocycles. The normalized spacial score (nSPS) is 11.2. The lowest BCUT2D eigenvalue weighted by atomic mass is 10.3. The van der Waals surface area contributed by atoms with Crippen molar-refractivity contribution >= 4 is 33.9 Å². The van der Waals surface area contributed by atoms with Gasteiger partial charge < -0.3 is 9.72 Å². The van der Waals surface area contributed by atoms with Gasteiger partial charge >= 0.3 is 0 Å². The highest BCUT2D eigenvalue weighted by Gasteiger charge is 2.08. The van der Waals surface area contributed by atoms with E-state index in [0.717, 1.165) is 39.5 Å². The average Bonchev–Trinajstić information content (AvgIpc) is 3.12. The van der Waals surface area contributed by atoms with E-state index in [1.807, 2.05) is 12.3 Å². The molecule has 116 valence electrons. The molecule has 0 aliphatic heterocycles. The fourth-order valence-electron chi connectivity index (χ4n) is 2.12. The van der Waals surface area contributed by atoms with E-state index < -0.39 is 0 Å². The number of fused-ring (bicyclic) bond motifs is 1. The van der Waals surface area contributed by atoms with Crippen molar-refractivity contribution in [3.8, 4) is 0 Å². The zero-order valence-electron chi connectivity index (χ0n) is 12.7. The smallest absolute Gasteiger partial charge is 0.206 e. The highest BCUT2D eigenvalue weighted by molar-refractivity contribution is 8.00. The Hall–Kier alpha value is -1.60. The number of pyridine rings is 1. The van der Waals surface area contributed by atoms with E-state index in [0.29, 0.717) is 0 Å². The van der Waals surface area contributed by atoms with Gasteiger partial charge in [-0.1, -0.05) is 42.5 Å². The maximum atomic E-state index is 4.68. The highest BCUT2D eigenvalue weighted by atomic mass is 32.2. The zero-order valence-corrected chi connectivity index (χ0v) is 14.4. The summed E-state index contributed by atoms with van der Waals surface area (Å²) in [6.45, 7) is 5.22. The second-order valence-electron chi connectivity index (χ2n) is 5.10. The van der Waals surface area contributed by atoms with Gasteiger partial charge in [0.25, 0.3) is 0 Å². The summed E-state index contributed by atoms with van der Waals surface area (Å²) in [4.78, 5) is 4.68. The summed E-state index contributed by atoms with van der Waals surface area (Å²) in [7, 11) is 0. The van der Waals surface area contributed by atoms with Crippen LogP contribution in [0.2, 0.25) is 0 Å². The van der Waals surface area contributed by atoms with Crippen LogP contribution in [0, 0.1) is 6.92 Å². The Bertz CT molecular complexity index is 749. The predicted octanol–water partition coefficient (Wildman–Crippen LogP) is 4.00. The van der Waals surface area contributed by atoms with E-state index in [4.69, 9.17) is 0 Å². The molecule has 0 spiro atoms.